The SMILES string of the molecule is CCOC(=O)C=CC=CC=Cc1ccccc1. The van der Waals surface area contributed by atoms with Gasteiger partial charge in [-0.1, -0.05) is 60.7 Å². The van der Waals surface area contributed by atoms with Crippen molar-refractivity contribution in [1.82, 2.24) is 0 Å². The topological polar surface area (TPSA) is 26.3 Å². The van der Waals surface area contributed by atoms with Gasteiger partial charge in [-0.2, -0.15) is 0 Å². The third kappa shape index (κ3) is 6.15. The van der Waals surface area contributed by atoms with E-state index in [1.54, 1.807) is 19.1 Å². The normalized spacial score (nSPS) is 11.6. The fraction of sp³-hybridized carbons (Fsp3) is 0.133. The second kappa shape index (κ2) is 8.11. The standard InChI is InChI=1S/C15H16O2/c1-2-17-15(16)13-9-4-3-6-10-14-11-7-5-8-12-14/h3-13H,2H2,1H3. The van der Waals surface area contributed by atoms with Crippen LogP contribution >= 0.6 is 0 Å². The van der Waals surface area contributed by atoms with E-state index in [-0.39, 0.29) is 5.97 Å². The van der Waals surface area contributed by atoms with Gasteiger partial charge in [0, 0.05) is 6.08 Å². The van der Waals surface area contributed by atoms with Crippen LogP contribution in [0.3, 0.4) is 0 Å². The Kier molecular flexibility index (Phi) is 6.19. The Balaban J connectivity index is 2.36. The van der Waals surface area contributed by atoms with Crippen molar-refractivity contribution < 1.29 is 9.53 Å². The van der Waals surface area contributed by atoms with Crippen molar-refractivity contribution in [2.24, 2.45) is 0 Å². The molecule has 0 heterocycles. The number of carbonyl (C=O) groups is 1. The van der Waals surface area contributed by atoms with Crippen LogP contribution in [0.25, 0.3) is 6.08 Å². The lowest BCUT2D eigenvalue weighted by atomic mass is 10.2. The molecule has 0 saturated carbocycles. The van der Waals surface area contributed by atoms with Crippen LogP contribution in [-0.2, 0) is 9.53 Å². The van der Waals surface area contributed by atoms with E-state index in [4.69, 9.17) is 4.74 Å². The van der Waals surface area contributed by atoms with Gasteiger partial charge >= 0.3 is 5.97 Å². The monoisotopic (exact) mass is 228 g/mol. The Labute approximate surface area is 102 Å². The van der Waals surface area contributed by atoms with Gasteiger partial charge < -0.3 is 4.74 Å². The molecule has 2 heteroatoms. The van der Waals surface area contributed by atoms with Crippen LogP contribution in [0.15, 0.2) is 60.7 Å². The predicted octanol–water partition coefficient (Wildman–Crippen LogP) is 3.38. The highest BCUT2D eigenvalue weighted by molar-refractivity contribution is 5.82. The third-order valence-electron chi connectivity index (χ3n) is 1.94. The van der Waals surface area contributed by atoms with Crippen LogP contribution in [0.1, 0.15) is 12.5 Å². The van der Waals surface area contributed by atoms with Gasteiger partial charge in [0.2, 0.25) is 0 Å². The summed E-state index contributed by atoms with van der Waals surface area (Å²) < 4.78 is 4.74. The Morgan fingerprint density at radius 1 is 1.12 bits per heavy atom. The van der Waals surface area contributed by atoms with Crippen LogP contribution in [0, 0.1) is 0 Å². The second-order valence-corrected chi connectivity index (χ2v) is 3.27. The summed E-state index contributed by atoms with van der Waals surface area (Å²) >= 11 is 0. The maximum atomic E-state index is 10.9. The molecule has 0 amide bonds. The molecule has 0 radical (unpaired) electrons. The summed E-state index contributed by atoms with van der Waals surface area (Å²) in [4.78, 5) is 10.9. The fourth-order valence-electron chi connectivity index (χ4n) is 1.18. The molecule has 0 fully saturated rings. The first-order valence-corrected chi connectivity index (χ1v) is 5.56. The van der Waals surface area contributed by atoms with E-state index in [0.717, 1.165) is 5.56 Å². The molecule has 0 atom stereocenters. The van der Waals surface area contributed by atoms with Crippen LogP contribution in [0.5, 0.6) is 0 Å². The molecule has 1 rings (SSSR count). The number of ether oxygens (including phenoxy) is 1. The van der Waals surface area contributed by atoms with Gasteiger partial charge in [-0.3, -0.25) is 0 Å². The average Bonchev–Trinajstić information content (AvgIpc) is 2.35. The number of allylic oxidation sites excluding steroid dienone is 4. The molecule has 2 nitrogen and oxygen atoms in total. The van der Waals surface area contributed by atoms with E-state index in [2.05, 4.69) is 0 Å². The minimum absolute atomic E-state index is 0.316. The molecule has 0 unspecified atom stereocenters. The highest BCUT2D eigenvalue weighted by atomic mass is 16.5. The van der Waals surface area contributed by atoms with Crippen molar-refractivity contribution in [3.63, 3.8) is 0 Å². The molecule has 0 aliphatic rings. The fourth-order valence-corrected chi connectivity index (χ4v) is 1.18. The highest BCUT2D eigenvalue weighted by Gasteiger charge is 1.89. The zero-order chi connectivity index (χ0) is 12.3. The quantitative estimate of drug-likeness (QED) is 0.439. The maximum Gasteiger partial charge on any atom is 0.330 e. The summed E-state index contributed by atoms with van der Waals surface area (Å²) in [6.45, 7) is 2.19. The Bertz CT molecular complexity index is 414. The second-order valence-electron chi connectivity index (χ2n) is 3.27. The first-order chi connectivity index (χ1) is 8.33. The Morgan fingerprint density at radius 3 is 2.53 bits per heavy atom. The number of hydrogen-bond acceptors (Lipinski definition) is 2. The van der Waals surface area contributed by atoms with Crippen molar-refractivity contribution in [3.05, 3.63) is 66.3 Å². The van der Waals surface area contributed by atoms with Crippen molar-refractivity contribution in [3.8, 4) is 0 Å². The average molecular weight is 228 g/mol. The van der Waals surface area contributed by atoms with E-state index in [0.29, 0.717) is 6.61 Å². The minimum Gasteiger partial charge on any atom is -0.463 e. The summed E-state index contributed by atoms with van der Waals surface area (Å²) in [5, 5.41) is 0. The molecule has 0 bridgehead atoms. The van der Waals surface area contributed by atoms with E-state index < -0.39 is 0 Å². The molecule has 17 heavy (non-hydrogen) atoms. The lowest BCUT2D eigenvalue weighted by Gasteiger charge is -1.92. The number of esters is 1. The zero-order valence-corrected chi connectivity index (χ0v) is 9.87. The summed E-state index contributed by atoms with van der Waals surface area (Å²) in [5.41, 5.74) is 1.14. The number of hydrogen-bond donors (Lipinski definition) is 0. The molecular formula is C15H16O2. The Morgan fingerprint density at radius 2 is 1.82 bits per heavy atom. The molecule has 0 saturated heterocycles. The van der Waals surface area contributed by atoms with E-state index in [1.165, 1.54) is 6.08 Å². The summed E-state index contributed by atoms with van der Waals surface area (Å²) in [7, 11) is 0. The van der Waals surface area contributed by atoms with Gasteiger partial charge in [-0.15, -0.1) is 0 Å². The van der Waals surface area contributed by atoms with Gasteiger partial charge in [-0.25, -0.2) is 4.79 Å². The third-order valence-corrected chi connectivity index (χ3v) is 1.94. The summed E-state index contributed by atoms with van der Waals surface area (Å²) in [6, 6.07) is 10.0. The number of carbonyl (C=O) groups excluding carboxylic acids is 1. The van der Waals surface area contributed by atoms with Crippen LogP contribution in [-0.4, -0.2) is 12.6 Å². The van der Waals surface area contributed by atoms with Crippen LogP contribution in [0.4, 0.5) is 0 Å². The van der Waals surface area contributed by atoms with E-state index >= 15 is 0 Å². The molecule has 1 aromatic carbocycles. The summed E-state index contributed by atoms with van der Waals surface area (Å²) in [5.74, 6) is -0.316. The lowest BCUT2D eigenvalue weighted by molar-refractivity contribution is -0.137. The first kappa shape index (κ1) is 13.0. The van der Waals surface area contributed by atoms with Crippen LogP contribution < -0.4 is 0 Å². The molecule has 0 aliphatic heterocycles. The van der Waals surface area contributed by atoms with Crippen molar-refractivity contribution >= 4 is 12.0 Å². The lowest BCUT2D eigenvalue weighted by Crippen LogP contribution is -1.98. The molecule has 0 aliphatic carbocycles. The van der Waals surface area contributed by atoms with Crippen molar-refractivity contribution in [2.75, 3.05) is 6.61 Å². The van der Waals surface area contributed by atoms with Gasteiger partial charge in [-0.05, 0) is 12.5 Å². The highest BCUT2D eigenvalue weighted by Crippen LogP contribution is 2.00. The van der Waals surface area contributed by atoms with Crippen LogP contribution in [0.2, 0.25) is 0 Å². The molecule has 1 aromatic rings. The zero-order valence-electron chi connectivity index (χ0n) is 9.87. The smallest absolute Gasteiger partial charge is 0.330 e. The molecule has 0 N–H and O–H groups in total. The molecule has 0 aromatic heterocycles. The first-order valence-electron chi connectivity index (χ1n) is 5.56. The van der Waals surface area contributed by atoms with E-state index in [9.17, 15) is 4.79 Å². The van der Waals surface area contributed by atoms with Crippen molar-refractivity contribution in [1.29, 1.82) is 0 Å². The Hall–Kier alpha value is -2.09. The predicted molar refractivity (Wildman–Crippen MR) is 70.4 cm³/mol. The van der Waals surface area contributed by atoms with Crippen molar-refractivity contribution in [2.45, 2.75) is 6.92 Å². The molecule has 88 valence electrons. The van der Waals surface area contributed by atoms with Gasteiger partial charge in [0.25, 0.3) is 0 Å². The largest absolute Gasteiger partial charge is 0.463 e. The van der Waals surface area contributed by atoms with Gasteiger partial charge in [0.15, 0.2) is 0 Å². The minimum atomic E-state index is -0.316. The van der Waals surface area contributed by atoms with E-state index in [1.807, 2.05) is 48.6 Å². The molecule has 0 spiro atoms. The van der Waals surface area contributed by atoms with Gasteiger partial charge in [0.1, 0.15) is 0 Å². The summed E-state index contributed by atoms with van der Waals surface area (Å²) in [6.07, 6.45) is 10.6. The molecular weight excluding hydrogens is 212 g/mol. The maximum absolute atomic E-state index is 10.9. The number of rotatable bonds is 5. The van der Waals surface area contributed by atoms with Gasteiger partial charge in [0.05, 0.1) is 6.61 Å². The number of benzene rings is 1.